The van der Waals surface area contributed by atoms with Gasteiger partial charge in [0.2, 0.25) is 0 Å². The van der Waals surface area contributed by atoms with Crippen LogP contribution in [0.4, 0.5) is 0 Å². The first-order valence-electron chi connectivity index (χ1n) is 7.28. The summed E-state index contributed by atoms with van der Waals surface area (Å²) in [6.07, 6.45) is 3.77. The molecule has 0 spiro atoms. The van der Waals surface area contributed by atoms with Gasteiger partial charge in [0.15, 0.2) is 0 Å². The summed E-state index contributed by atoms with van der Waals surface area (Å²) in [5.41, 5.74) is 10.8. The van der Waals surface area contributed by atoms with Crippen molar-refractivity contribution < 1.29 is 9.47 Å². The highest BCUT2D eigenvalue weighted by Crippen LogP contribution is 2.51. The molecule has 1 aromatic carbocycles. The lowest BCUT2D eigenvalue weighted by Gasteiger charge is -2.59. The van der Waals surface area contributed by atoms with Gasteiger partial charge in [-0.3, -0.25) is 0 Å². The Kier molecular flexibility index (Phi) is 2.53. The second-order valence-electron chi connectivity index (χ2n) is 6.39. The van der Waals surface area contributed by atoms with Crippen molar-refractivity contribution in [2.45, 2.75) is 24.7 Å². The summed E-state index contributed by atoms with van der Waals surface area (Å²) in [7, 11) is 0. The van der Waals surface area contributed by atoms with Gasteiger partial charge in [0.25, 0.3) is 0 Å². The summed E-state index contributed by atoms with van der Waals surface area (Å²) < 4.78 is 11.1. The molecule has 0 radical (unpaired) electrons. The lowest BCUT2D eigenvalue weighted by atomic mass is 9.57. The third-order valence-electron chi connectivity index (χ3n) is 5.51. The molecule has 102 valence electrons. The summed E-state index contributed by atoms with van der Waals surface area (Å²) >= 11 is 0. The first-order chi connectivity index (χ1) is 9.30. The van der Waals surface area contributed by atoms with Crippen molar-refractivity contribution >= 4 is 0 Å². The highest BCUT2D eigenvalue weighted by Gasteiger charge is 2.60. The molecule has 3 nitrogen and oxygen atoms in total. The van der Waals surface area contributed by atoms with Crippen LogP contribution in [-0.2, 0) is 27.7 Å². The molecule has 2 N–H and O–H groups in total. The molecule has 0 bridgehead atoms. The molecule has 0 aromatic heterocycles. The maximum Gasteiger partial charge on any atom is 0.0593 e. The molecular weight excluding hydrogens is 238 g/mol. The molecule has 0 amide bonds. The normalized spacial score (nSPS) is 26.4. The zero-order chi connectivity index (χ0) is 12.9. The van der Waals surface area contributed by atoms with Crippen LogP contribution in [0.15, 0.2) is 18.2 Å². The SMILES string of the molecule is NCC1(C2(c3ccc4c(c3)CCC4)COC2)COC1. The summed E-state index contributed by atoms with van der Waals surface area (Å²) in [4.78, 5) is 0. The third kappa shape index (κ3) is 1.44. The molecule has 3 heteroatoms. The van der Waals surface area contributed by atoms with E-state index < -0.39 is 0 Å². The summed E-state index contributed by atoms with van der Waals surface area (Å²) in [6.45, 7) is 3.85. The number of ether oxygens (including phenoxy) is 2. The van der Waals surface area contributed by atoms with E-state index in [2.05, 4.69) is 18.2 Å². The number of aryl methyl sites for hydroxylation is 2. The molecule has 2 saturated heterocycles. The van der Waals surface area contributed by atoms with Gasteiger partial charge in [0.1, 0.15) is 0 Å². The minimum absolute atomic E-state index is 0.0949. The van der Waals surface area contributed by atoms with Gasteiger partial charge in [-0.1, -0.05) is 18.2 Å². The molecule has 2 heterocycles. The molecule has 2 aliphatic heterocycles. The maximum atomic E-state index is 6.08. The Morgan fingerprint density at radius 2 is 1.74 bits per heavy atom. The number of benzene rings is 1. The van der Waals surface area contributed by atoms with E-state index in [4.69, 9.17) is 15.2 Å². The van der Waals surface area contributed by atoms with Crippen molar-refractivity contribution in [2.24, 2.45) is 11.1 Å². The van der Waals surface area contributed by atoms with Gasteiger partial charge >= 0.3 is 0 Å². The van der Waals surface area contributed by atoms with Gasteiger partial charge in [0, 0.05) is 12.0 Å². The van der Waals surface area contributed by atoms with Gasteiger partial charge in [-0.25, -0.2) is 0 Å². The molecule has 3 aliphatic rings. The quantitative estimate of drug-likeness (QED) is 0.893. The van der Waals surface area contributed by atoms with E-state index in [0.717, 1.165) is 26.4 Å². The Bertz CT molecular complexity index is 498. The standard InChI is InChI=1S/C16H21NO2/c17-7-15(8-18-9-15)16(10-19-11-16)14-5-4-12-2-1-3-13(12)6-14/h4-6H,1-3,7-11,17H2. The molecule has 2 fully saturated rings. The van der Waals surface area contributed by atoms with Crippen molar-refractivity contribution in [2.75, 3.05) is 33.0 Å². The maximum absolute atomic E-state index is 6.08. The highest BCUT2D eigenvalue weighted by molar-refractivity contribution is 5.42. The first kappa shape index (κ1) is 11.9. The lowest BCUT2D eigenvalue weighted by molar-refractivity contribution is -0.223. The van der Waals surface area contributed by atoms with Crippen LogP contribution in [0.1, 0.15) is 23.1 Å². The zero-order valence-electron chi connectivity index (χ0n) is 11.3. The second-order valence-corrected chi connectivity index (χ2v) is 6.39. The predicted octanol–water partition coefficient (Wildman–Crippen LogP) is 1.42. The van der Waals surface area contributed by atoms with Crippen LogP contribution >= 0.6 is 0 Å². The molecule has 1 aromatic rings. The van der Waals surface area contributed by atoms with Crippen LogP contribution in [0, 0.1) is 5.41 Å². The fourth-order valence-electron chi connectivity index (χ4n) is 3.89. The van der Waals surface area contributed by atoms with Crippen molar-refractivity contribution in [1.29, 1.82) is 0 Å². The van der Waals surface area contributed by atoms with E-state index in [1.165, 1.54) is 36.0 Å². The van der Waals surface area contributed by atoms with E-state index >= 15 is 0 Å². The fraction of sp³-hybridized carbons (Fsp3) is 0.625. The molecule has 1 aliphatic carbocycles. The molecule has 19 heavy (non-hydrogen) atoms. The van der Waals surface area contributed by atoms with E-state index in [1.807, 2.05) is 0 Å². The second kappa shape index (κ2) is 4.05. The van der Waals surface area contributed by atoms with Crippen LogP contribution in [0.3, 0.4) is 0 Å². The third-order valence-corrected chi connectivity index (χ3v) is 5.51. The predicted molar refractivity (Wildman–Crippen MR) is 73.3 cm³/mol. The van der Waals surface area contributed by atoms with Crippen molar-refractivity contribution in [1.82, 2.24) is 0 Å². The van der Waals surface area contributed by atoms with Crippen LogP contribution in [0.2, 0.25) is 0 Å². The molecular formula is C16H21NO2. The minimum atomic E-state index is 0.0949. The van der Waals surface area contributed by atoms with Gasteiger partial charge in [-0.2, -0.15) is 0 Å². The lowest BCUT2D eigenvalue weighted by Crippen LogP contribution is -2.69. The molecule has 0 atom stereocenters. The number of nitrogens with two attached hydrogens (primary N) is 1. The van der Waals surface area contributed by atoms with Crippen LogP contribution in [0.25, 0.3) is 0 Å². The largest absolute Gasteiger partial charge is 0.380 e. The molecule has 0 unspecified atom stereocenters. The number of rotatable bonds is 3. The fourth-order valence-corrected chi connectivity index (χ4v) is 3.89. The van der Waals surface area contributed by atoms with Gasteiger partial charge < -0.3 is 15.2 Å². The molecule has 0 saturated carbocycles. The number of hydrogen-bond donors (Lipinski definition) is 1. The Labute approximate surface area is 114 Å². The summed E-state index contributed by atoms with van der Waals surface area (Å²) in [6, 6.07) is 7.05. The van der Waals surface area contributed by atoms with E-state index in [1.54, 1.807) is 0 Å². The summed E-state index contributed by atoms with van der Waals surface area (Å²) in [5.74, 6) is 0. The monoisotopic (exact) mass is 259 g/mol. The van der Waals surface area contributed by atoms with Gasteiger partial charge in [-0.05, 0) is 36.0 Å². The number of fused-ring (bicyclic) bond motifs is 1. The van der Waals surface area contributed by atoms with Gasteiger partial charge in [0.05, 0.1) is 31.8 Å². The van der Waals surface area contributed by atoms with Gasteiger partial charge in [-0.15, -0.1) is 0 Å². The van der Waals surface area contributed by atoms with E-state index in [0.29, 0.717) is 6.54 Å². The Hall–Kier alpha value is -0.900. The Morgan fingerprint density at radius 3 is 2.32 bits per heavy atom. The number of hydrogen-bond acceptors (Lipinski definition) is 3. The van der Waals surface area contributed by atoms with Crippen molar-refractivity contribution in [3.63, 3.8) is 0 Å². The smallest absolute Gasteiger partial charge is 0.0593 e. The Balaban J connectivity index is 1.76. The highest BCUT2D eigenvalue weighted by atomic mass is 16.5. The summed E-state index contributed by atoms with van der Waals surface area (Å²) in [5, 5.41) is 0. The van der Waals surface area contributed by atoms with Crippen LogP contribution in [-0.4, -0.2) is 33.0 Å². The minimum Gasteiger partial charge on any atom is -0.380 e. The van der Waals surface area contributed by atoms with Crippen molar-refractivity contribution in [3.05, 3.63) is 34.9 Å². The average molecular weight is 259 g/mol. The van der Waals surface area contributed by atoms with E-state index in [9.17, 15) is 0 Å². The zero-order valence-corrected chi connectivity index (χ0v) is 11.3. The van der Waals surface area contributed by atoms with Crippen molar-refractivity contribution in [3.8, 4) is 0 Å². The Morgan fingerprint density at radius 1 is 1.00 bits per heavy atom. The first-order valence-corrected chi connectivity index (χ1v) is 7.28. The average Bonchev–Trinajstić information content (AvgIpc) is 2.78. The topological polar surface area (TPSA) is 44.5 Å². The molecule has 4 rings (SSSR count). The van der Waals surface area contributed by atoms with Crippen LogP contribution in [0.5, 0.6) is 0 Å². The van der Waals surface area contributed by atoms with Crippen LogP contribution < -0.4 is 5.73 Å². The van der Waals surface area contributed by atoms with E-state index in [-0.39, 0.29) is 10.8 Å².